The highest BCUT2D eigenvalue weighted by Crippen LogP contribution is 2.13. The van der Waals surface area contributed by atoms with Crippen LogP contribution in [0.3, 0.4) is 0 Å². The summed E-state index contributed by atoms with van der Waals surface area (Å²) in [5.41, 5.74) is 0.868. The Balaban J connectivity index is 2.41. The summed E-state index contributed by atoms with van der Waals surface area (Å²) in [4.78, 5) is 24.8. The molecule has 1 aromatic rings. The summed E-state index contributed by atoms with van der Waals surface area (Å²) in [5, 5.41) is 2.59. The molecule has 1 N–H and O–H groups in total. The van der Waals surface area contributed by atoms with Crippen molar-refractivity contribution in [2.75, 3.05) is 7.05 Å². The van der Waals surface area contributed by atoms with Crippen LogP contribution in [-0.4, -0.2) is 33.4 Å². The molecule has 1 aliphatic heterocycles. The largest absolute Gasteiger partial charge is 0.351 e. The maximum absolute atomic E-state index is 11.9. The maximum Gasteiger partial charge on any atom is 0.265 e. The van der Waals surface area contributed by atoms with E-state index in [9.17, 15) is 9.59 Å². The summed E-state index contributed by atoms with van der Waals surface area (Å²) in [5.74, 6) is -0.848. The summed E-state index contributed by atoms with van der Waals surface area (Å²) in [6.45, 7) is 0. The van der Waals surface area contributed by atoms with Gasteiger partial charge in [-0.25, -0.2) is 0 Å². The quantitative estimate of drug-likeness (QED) is 0.442. The second kappa shape index (κ2) is 4.14. The molecule has 2 amide bonds. The Hall–Kier alpha value is -1.95. The predicted octanol–water partition coefficient (Wildman–Crippen LogP) is 0.282. The van der Waals surface area contributed by atoms with Crippen LogP contribution >= 0.6 is 12.2 Å². The molecule has 0 atom stereocenters. The van der Waals surface area contributed by atoms with Crippen molar-refractivity contribution in [1.82, 2.24) is 14.8 Å². The van der Waals surface area contributed by atoms with Gasteiger partial charge in [0.1, 0.15) is 5.57 Å². The molecule has 17 heavy (non-hydrogen) atoms. The zero-order valence-corrected chi connectivity index (χ0v) is 10.2. The summed E-state index contributed by atoms with van der Waals surface area (Å²) in [6, 6.07) is 3.66. The van der Waals surface area contributed by atoms with Gasteiger partial charge < -0.3 is 4.57 Å². The van der Waals surface area contributed by atoms with Gasteiger partial charge in [-0.05, 0) is 30.4 Å². The van der Waals surface area contributed by atoms with Crippen LogP contribution in [0.25, 0.3) is 6.08 Å². The number of likely N-dealkylation sites (N-methyl/N-ethyl adjacent to an activating group) is 1. The highest BCUT2D eigenvalue weighted by Gasteiger charge is 2.30. The van der Waals surface area contributed by atoms with Gasteiger partial charge in [-0.15, -0.1) is 0 Å². The first-order valence-electron chi connectivity index (χ1n) is 4.97. The van der Waals surface area contributed by atoms with Crippen molar-refractivity contribution in [2.45, 2.75) is 0 Å². The summed E-state index contributed by atoms with van der Waals surface area (Å²) >= 11 is 4.85. The van der Waals surface area contributed by atoms with Crippen LogP contribution in [0.2, 0.25) is 0 Å². The molecule has 0 bridgehead atoms. The second-order valence-electron chi connectivity index (χ2n) is 3.73. The molecule has 0 radical (unpaired) electrons. The molecule has 0 spiro atoms. The lowest BCUT2D eigenvalue weighted by Crippen LogP contribution is -2.52. The van der Waals surface area contributed by atoms with E-state index >= 15 is 0 Å². The molecule has 0 aromatic carbocycles. The van der Waals surface area contributed by atoms with E-state index in [-0.39, 0.29) is 16.6 Å². The zero-order valence-electron chi connectivity index (χ0n) is 9.43. The Labute approximate surface area is 104 Å². The number of nitrogens with one attached hydrogen (secondary N) is 1. The van der Waals surface area contributed by atoms with Gasteiger partial charge >= 0.3 is 0 Å². The van der Waals surface area contributed by atoms with Crippen molar-refractivity contribution in [3.63, 3.8) is 0 Å². The zero-order chi connectivity index (χ0) is 12.6. The van der Waals surface area contributed by atoms with Crippen molar-refractivity contribution in [3.05, 3.63) is 29.6 Å². The Morgan fingerprint density at radius 3 is 2.65 bits per heavy atom. The van der Waals surface area contributed by atoms with Gasteiger partial charge in [0.15, 0.2) is 5.11 Å². The molecule has 2 heterocycles. The minimum absolute atomic E-state index is 0.0860. The third kappa shape index (κ3) is 1.99. The van der Waals surface area contributed by atoms with Crippen molar-refractivity contribution >= 4 is 35.2 Å². The van der Waals surface area contributed by atoms with Crippen LogP contribution < -0.4 is 5.32 Å². The van der Waals surface area contributed by atoms with Gasteiger partial charge in [0.05, 0.1) is 0 Å². The van der Waals surface area contributed by atoms with E-state index in [4.69, 9.17) is 12.2 Å². The number of amides is 2. The van der Waals surface area contributed by atoms with Crippen molar-refractivity contribution in [1.29, 1.82) is 0 Å². The fourth-order valence-electron chi connectivity index (χ4n) is 1.52. The number of rotatable bonds is 1. The number of nitrogens with zero attached hydrogens (tertiary/aromatic N) is 2. The van der Waals surface area contributed by atoms with Gasteiger partial charge in [-0.2, -0.15) is 0 Å². The van der Waals surface area contributed by atoms with E-state index in [0.29, 0.717) is 0 Å². The van der Waals surface area contributed by atoms with E-state index in [1.54, 1.807) is 6.08 Å². The average Bonchev–Trinajstić information content (AvgIpc) is 2.67. The molecule has 1 fully saturated rings. The third-order valence-electron chi connectivity index (χ3n) is 2.58. The topological polar surface area (TPSA) is 54.3 Å². The average molecular weight is 249 g/mol. The van der Waals surface area contributed by atoms with Crippen LogP contribution in [0.15, 0.2) is 23.9 Å². The third-order valence-corrected chi connectivity index (χ3v) is 2.96. The monoisotopic (exact) mass is 249 g/mol. The molecule has 0 saturated carbocycles. The molecule has 6 heteroatoms. The SMILES string of the molecule is CN1C(=O)/C(=C\c2cccn2C)C(=O)NC1=S. The number of hydrogen-bond donors (Lipinski definition) is 1. The molecule has 0 aliphatic carbocycles. The number of carbonyl (C=O) groups is 2. The highest BCUT2D eigenvalue weighted by atomic mass is 32.1. The van der Waals surface area contributed by atoms with E-state index < -0.39 is 5.91 Å². The highest BCUT2D eigenvalue weighted by molar-refractivity contribution is 7.80. The Morgan fingerprint density at radius 1 is 1.35 bits per heavy atom. The van der Waals surface area contributed by atoms with Crippen molar-refractivity contribution in [2.24, 2.45) is 7.05 Å². The molecule has 1 aromatic heterocycles. The minimum atomic E-state index is -0.459. The lowest BCUT2D eigenvalue weighted by molar-refractivity contribution is -0.128. The first kappa shape index (κ1) is 11.5. The van der Waals surface area contributed by atoms with Crippen LogP contribution in [0, 0.1) is 0 Å². The molecular weight excluding hydrogens is 238 g/mol. The smallest absolute Gasteiger partial charge is 0.265 e. The van der Waals surface area contributed by atoms with Gasteiger partial charge in [0.25, 0.3) is 11.8 Å². The van der Waals surface area contributed by atoms with Gasteiger partial charge in [0, 0.05) is 26.0 Å². The Kier molecular flexibility index (Phi) is 2.81. The summed E-state index contributed by atoms with van der Waals surface area (Å²) in [7, 11) is 3.37. The van der Waals surface area contributed by atoms with E-state index in [1.165, 1.54) is 11.9 Å². The Bertz CT molecular complexity index is 545. The van der Waals surface area contributed by atoms with Gasteiger partial charge in [-0.3, -0.25) is 19.8 Å². The first-order valence-corrected chi connectivity index (χ1v) is 5.38. The molecule has 2 rings (SSSR count). The predicted molar refractivity (Wildman–Crippen MR) is 66.9 cm³/mol. The van der Waals surface area contributed by atoms with E-state index in [1.807, 2.05) is 29.9 Å². The Morgan fingerprint density at radius 2 is 2.06 bits per heavy atom. The molecule has 0 unspecified atom stereocenters. The number of carbonyl (C=O) groups excluding carboxylic acids is 2. The fourth-order valence-corrected chi connectivity index (χ4v) is 1.69. The van der Waals surface area contributed by atoms with Crippen LogP contribution in [0.5, 0.6) is 0 Å². The van der Waals surface area contributed by atoms with Crippen molar-refractivity contribution in [3.8, 4) is 0 Å². The minimum Gasteiger partial charge on any atom is -0.351 e. The first-order chi connectivity index (χ1) is 8.00. The van der Waals surface area contributed by atoms with Crippen LogP contribution in [0.4, 0.5) is 0 Å². The van der Waals surface area contributed by atoms with Crippen molar-refractivity contribution < 1.29 is 9.59 Å². The summed E-state index contributed by atoms with van der Waals surface area (Å²) < 4.78 is 1.82. The normalized spacial score (nSPS) is 18.8. The molecule has 88 valence electrons. The number of aromatic nitrogens is 1. The molecular formula is C11H11N3O2S. The lowest BCUT2D eigenvalue weighted by atomic mass is 10.1. The van der Waals surface area contributed by atoms with E-state index in [0.717, 1.165) is 5.69 Å². The van der Waals surface area contributed by atoms with Crippen LogP contribution in [-0.2, 0) is 16.6 Å². The standard InChI is InChI=1S/C11H11N3O2S/c1-13-5-3-4-7(13)6-8-9(15)12-11(17)14(2)10(8)16/h3-6H,1-2H3,(H,12,15,17)/b8-6-. The fraction of sp³-hybridized carbons (Fsp3) is 0.182. The number of hydrogen-bond acceptors (Lipinski definition) is 3. The second-order valence-corrected chi connectivity index (χ2v) is 4.11. The summed E-state index contributed by atoms with van der Waals surface area (Å²) in [6.07, 6.45) is 3.39. The van der Waals surface area contributed by atoms with Crippen LogP contribution in [0.1, 0.15) is 5.69 Å². The van der Waals surface area contributed by atoms with Gasteiger partial charge in [0.2, 0.25) is 0 Å². The molecule has 1 aliphatic rings. The number of thiocarbonyl (C=S) groups is 1. The maximum atomic E-state index is 11.9. The molecule has 1 saturated heterocycles. The van der Waals surface area contributed by atoms with E-state index in [2.05, 4.69) is 5.32 Å². The molecule has 5 nitrogen and oxygen atoms in total. The lowest BCUT2D eigenvalue weighted by Gasteiger charge is -2.24. The van der Waals surface area contributed by atoms with Gasteiger partial charge in [-0.1, -0.05) is 0 Å². The number of aryl methyl sites for hydroxylation is 1.